The Balaban J connectivity index is 0.00000176. The van der Waals surface area contributed by atoms with Crippen LogP contribution in [0.4, 0.5) is 0 Å². The van der Waals surface area contributed by atoms with Gasteiger partial charge in [-0.2, -0.15) is 0 Å². The van der Waals surface area contributed by atoms with E-state index in [1.54, 1.807) is 0 Å². The van der Waals surface area contributed by atoms with Crippen LogP contribution in [0.1, 0.15) is 50.5 Å². The molecule has 2 unspecified atom stereocenters. The Bertz CT molecular complexity index is 479. The Hall–Kier alpha value is -1.06. The van der Waals surface area contributed by atoms with Gasteiger partial charge >= 0.3 is 5.97 Å². The molecule has 0 radical (unpaired) electrons. The van der Waals surface area contributed by atoms with E-state index < -0.39 is 0 Å². The monoisotopic (exact) mass is 323 g/mol. The molecule has 2 fully saturated rings. The summed E-state index contributed by atoms with van der Waals surface area (Å²) >= 11 is 0. The number of esters is 1. The second kappa shape index (κ2) is 7.47. The van der Waals surface area contributed by atoms with Crippen LogP contribution in [0, 0.1) is 0 Å². The molecule has 1 aromatic carbocycles. The molecule has 0 aliphatic carbocycles. The Morgan fingerprint density at radius 3 is 2.36 bits per heavy atom. The van der Waals surface area contributed by atoms with Crippen molar-refractivity contribution >= 4 is 18.4 Å². The van der Waals surface area contributed by atoms with E-state index in [4.69, 9.17) is 4.74 Å². The van der Waals surface area contributed by atoms with Crippen LogP contribution in [0.15, 0.2) is 30.3 Å². The van der Waals surface area contributed by atoms with Crippen molar-refractivity contribution < 1.29 is 9.53 Å². The van der Waals surface area contributed by atoms with Crippen LogP contribution in [0.5, 0.6) is 0 Å². The first kappa shape index (κ1) is 17.3. The Kier molecular flexibility index (Phi) is 5.87. The zero-order valence-corrected chi connectivity index (χ0v) is 14.2. The van der Waals surface area contributed by atoms with E-state index in [-0.39, 0.29) is 30.4 Å². The van der Waals surface area contributed by atoms with Crippen LogP contribution in [-0.4, -0.2) is 36.1 Å². The molecule has 2 saturated heterocycles. The highest BCUT2D eigenvalue weighted by atomic mass is 35.5. The molecular weight excluding hydrogens is 298 g/mol. The molecule has 2 bridgehead atoms. The highest BCUT2D eigenvalue weighted by molar-refractivity contribution is 5.85. The molecule has 0 amide bonds. The zero-order chi connectivity index (χ0) is 14.8. The van der Waals surface area contributed by atoms with Gasteiger partial charge in [-0.05, 0) is 44.7 Å². The van der Waals surface area contributed by atoms with Gasteiger partial charge in [0.15, 0.2) is 0 Å². The van der Waals surface area contributed by atoms with Gasteiger partial charge in [0.1, 0.15) is 6.10 Å². The zero-order valence-electron chi connectivity index (χ0n) is 13.4. The maximum absolute atomic E-state index is 12.5. The average molecular weight is 324 g/mol. The first-order chi connectivity index (χ1) is 10.2. The normalized spacial score (nSPS) is 28.7. The number of carbonyl (C=O) groups is 1. The predicted octanol–water partition coefficient (Wildman–Crippen LogP) is 3.77. The van der Waals surface area contributed by atoms with Gasteiger partial charge in [0.25, 0.3) is 0 Å². The molecule has 0 spiro atoms. The van der Waals surface area contributed by atoms with Crippen molar-refractivity contribution in [3.63, 3.8) is 0 Å². The maximum Gasteiger partial charge on any atom is 0.313 e. The Morgan fingerprint density at radius 1 is 1.23 bits per heavy atom. The van der Waals surface area contributed by atoms with Gasteiger partial charge in [-0.15, -0.1) is 12.4 Å². The maximum atomic E-state index is 12.5. The van der Waals surface area contributed by atoms with Crippen molar-refractivity contribution in [3.05, 3.63) is 35.9 Å². The van der Waals surface area contributed by atoms with Crippen LogP contribution >= 0.6 is 12.4 Å². The number of halogens is 1. The molecule has 3 nitrogen and oxygen atoms in total. The summed E-state index contributed by atoms with van der Waals surface area (Å²) in [7, 11) is 2.21. The van der Waals surface area contributed by atoms with Crippen molar-refractivity contribution in [3.8, 4) is 0 Å². The number of hydrogen-bond acceptors (Lipinski definition) is 3. The van der Waals surface area contributed by atoms with Crippen LogP contribution < -0.4 is 0 Å². The fraction of sp³-hybridized carbons (Fsp3) is 0.611. The smallest absolute Gasteiger partial charge is 0.313 e. The number of piperidine rings is 1. The fourth-order valence-electron chi connectivity index (χ4n) is 3.93. The molecule has 4 atom stereocenters. The molecule has 3 rings (SSSR count). The van der Waals surface area contributed by atoms with E-state index in [0.717, 1.165) is 24.8 Å². The molecule has 122 valence electrons. The van der Waals surface area contributed by atoms with Gasteiger partial charge in [0.2, 0.25) is 0 Å². The Labute approximate surface area is 139 Å². The molecule has 22 heavy (non-hydrogen) atoms. The summed E-state index contributed by atoms with van der Waals surface area (Å²) in [5, 5.41) is 0. The SMILES string of the molecule is CCC(C(=O)OC1C[C@H]2CC[C@@H](C1)N2C)c1ccccc1.Cl. The van der Waals surface area contributed by atoms with Crippen molar-refractivity contribution in [2.45, 2.75) is 63.1 Å². The van der Waals surface area contributed by atoms with Crippen molar-refractivity contribution in [1.82, 2.24) is 4.90 Å². The standard InChI is InChI=1S/C18H25NO2.ClH/c1-3-17(13-7-5-4-6-8-13)18(20)21-16-11-14-9-10-15(12-16)19(14)2;/h4-8,14-17H,3,9-12H2,1-2H3;1H/t14-,15+,16?,17?;. The summed E-state index contributed by atoms with van der Waals surface area (Å²) in [6, 6.07) is 11.2. The van der Waals surface area contributed by atoms with Gasteiger partial charge in [-0.3, -0.25) is 4.79 Å². The number of fused-ring (bicyclic) bond motifs is 2. The third-order valence-corrected chi connectivity index (χ3v) is 5.23. The van der Waals surface area contributed by atoms with E-state index in [0.29, 0.717) is 12.1 Å². The molecule has 2 aliphatic heterocycles. The molecular formula is C18H26ClNO2. The lowest BCUT2D eigenvalue weighted by Crippen LogP contribution is -2.43. The minimum atomic E-state index is -0.122. The second-order valence-corrected chi connectivity index (χ2v) is 6.45. The van der Waals surface area contributed by atoms with Crippen LogP contribution in [-0.2, 0) is 9.53 Å². The lowest BCUT2D eigenvalue weighted by atomic mass is 9.96. The van der Waals surface area contributed by atoms with Crippen LogP contribution in [0.25, 0.3) is 0 Å². The summed E-state index contributed by atoms with van der Waals surface area (Å²) in [5.41, 5.74) is 1.07. The van der Waals surface area contributed by atoms with Crippen molar-refractivity contribution in [1.29, 1.82) is 0 Å². The van der Waals surface area contributed by atoms with E-state index in [9.17, 15) is 4.79 Å². The summed E-state index contributed by atoms with van der Waals surface area (Å²) in [6.45, 7) is 2.05. The van der Waals surface area contributed by atoms with E-state index >= 15 is 0 Å². The first-order valence-electron chi connectivity index (χ1n) is 8.16. The summed E-state index contributed by atoms with van der Waals surface area (Å²) in [6.07, 6.45) is 5.43. The highest BCUT2D eigenvalue weighted by Gasteiger charge is 2.40. The summed E-state index contributed by atoms with van der Waals surface area (Å²) in [5.74, 6) is -0.166. The molecule has 2 aliphatic rings. The summed E-state index contributed by atoms with van der Waals surface area (Å²) in [4.78, 5) is 15.0. The number of carbonyl (C=O) groups excluding carboxylic acids is 1. The number of rotatable bonds is 4. The van der Waals surface area contributed by atoms with Gasteiger partial charge in [0, 0.05) is 12.1 Å². The van der Waals surface area contributed by atoms with E-state index in [1.165, 1.54) is 12.8 Å². The summed E-state index contributed by atoms with van der Waals surface area (Å²) < 4.78 is 5.86. The lowest BCUT2D eigenvalue weighted by Gasteiger charge is -2.36. The van der Waals surface area contributed by atoms with Gasteiger partial charge in [-0.25, -0.2) is 0 Å². The van der Waals surface area contributed by atoms with Gasteiger partial charge in [-0.1, -0.05) is 37.3 Å². The van der Waals surface area contributed by atoms with Crippen LogP contribution in [0.3, 0.4) is 0 Å². The van der Waals surface area contributed by atoms with E-state index in [2.05, 4.69) is 18.9 Å². The lowest BCUT2D eigenvalue weighted by molar-refractivity contribution is -0.154. The molecule has 1 aromatic rings. The number of benzene rings is 1. The number of hydrogen-bond donors (Lipinski definition) is 0. The molecule has 4 heteroatoms. The minimum Gasteiger partial charge on any atom is -0.462 e. The van der Waals surface area contributed by atoms with E-state index in [1.807, 2.05) is 30.3 Å². The highest BCUT2D eigenvalue weighted by Crippen LogP contribution is 2.36. The van der Waals surface area contributed by atoms with Crippen molar-refractivity contribution in [2.24, 2.45) is 0 Å². The third kappa shape index (κ3) is 3.47. The topological polar surface area (TPSA) is 29.5 Å². The number of ether oxygens (including phenoxy) is 1. The third-order valence-electron chi connectivity index (χ3n) is 5.23. The van der Waals surface area contributed by atoms with Crippen molar-refractivity contribution in [2.75, 3.05) is 7.05 Å². The average Bonchev–Trinajstić information content (AvgIpc) is 2.72. The molecule has 2 heterocycles. The second-order valence-electron chi connectivity index (χ2n) is 6.45. The Morgan fingerprint density at radius 2 is 1.82 bits per heavy atom. The van der Waals surface area contributed by atoms with Crippen LogP contribution in [0.2, 0.25) is 0 Å². The first-order valence-corrected chi connectivity index (χ1v) is 8.16. The molecule has 0 aromatic heterocycles. The van der Waals surface area contributed by atoms with Gasteiger partial charge in [0.05, 0.1) is 5.92 Å². The quantitative estimate of drug-likeness (QED) is 0.790. The predicted molar refractivity (Wildman–Crippen MR) is 90.4 cm³/mol. The fourth-order valence-corrected chi connectivity index (χ4v) is 3.93. The minimum absolute atomic E-state index is 0. The molecule has 0 N–H and O–H groups in total. The van der Waals surface area contributed by atoms with Gasteiger partial charge < -0.3 is 9.64 Å². The molecule has 0 saturated carbocycles. The largest absolute Gasteiger partial charge is 0.462 e. The number of nitrogens with zero attached hydrogens (tertiary/aromatic N) is 1.